The molecule has 10 heavy (non-hydrogen) atoms. The lowest BCUT2D eigenvalue weighted by Gasteiger charge is -2.09. The predicted octanol–water partition coefficient (Wildman–Crippen LogP) is -0.919. The summed E-state index contributed by atoms with van der Waals surface area (Å²) in [7, 11) is 0. The van der Waals surface area contributed by atoms with E-state index in [9.17, 15) is 10.3 Å². The van der Waals surface area contributed by atoms with Crippen molar-refractivity contribution in [1.82, 2.24) is 9.97 Å². The highest BCUT2D eigenvalue weighted by atomic mass is 16.5. The van der Waals surface area contributed by atoms with Crippen LogP contribution in [-0.4, -0.2) is 15.9 Å². The van der Waals surface area contributed by atoms with E-state index in [2.05, 4.69) is 15.1 Å². The molecule has 0 aliphatic heterocycles. The summed E-state index contributed by atoms with van der Waals surface area (Å²) in [5.41, 5.74) is -0.0301. The summed E-state index contributed by atoms with van der Waals surface area (Å²) < 4.78 is 0. The van der Waals surface area contributed by atoms with Gasteiger partial charge >= 0.3 is 0 Å². The van der Waals surface area contributed by atoms with Crippen LogP contribution in [0.25, 0.3) is 0 Å². The molecule has 0 bridgehead atoms. The molecule has 1 aromatic rings. The molecule has 0 amide bonds. The Kier molecular flexibility index (Phi) is 1.79. The van der Waals surface area contributed by atoms with Gasteiger partial charge in [0.05, 0.1) is 11.9 Å². The molecule has 0 saturated carbocycles. The molecule has 0 N–H and O–H groups in total. The molecule has 5 nitrogen and oxygen atoms in total. The summed E-state index contributed by atoms with van der Waals surface area (Å²) in [5, 5.41) is 22.2. The third kappa shape index (κ3) is 1.19. The van der Waals surface area contributed by atoms with Crippen molar-refractivity contribution in [2.75, 3.05) is 0 Å². The van der Waals surface area contributed by atoms with Gasteiger partial charge in [-0.2, -0.15) is 0 Å². The minimum absolute atomic E-state index is 0.0301. The van der Waals surface area contributed by atoms with Crippen LogP contribution >= 0.6 is 0 Å². The molecule has 0 saturated heterocycles. The molecule has 0 aromatic carbocycles. The summed E-state index contributed by atoms with van der Waals surface area (Å²) >= 11 is 0. The van der Waals surface area contributed by atoms with Crippen LogP contribution < -0.4 is 5.11 Å². The van der Waals surface area contributed by atoms with Crippen LogP contribution in [0.4, 0.5) is 0 Å². The number of rotatable bonds is 1. The van der Waals surface area contributed by atoms with Gasteiger partial charge in [-0.15, -0.1) is 0 Å². The summed E-state index contributed by atoms with van der Waals surface area (Å²) in [6, 6.07) is 0. The van der Waals surface area contributed by atoms with Crippen molar-refractivity contribution < 1.29 is 5.11 Å². The van der Waals surface area contributed by atoms with Crippen molar-refractivity contribution >= 4 is 5.90 Å². The van der Waals surface area contributed by atoms with E-state index in [1.165, 1.54) is 18.6 Å². The topological polar surface area (TPSA) is 84.3 Å². The molecule has 52 valence electrons. The molecule has 1 heterocycles. The monoisotopic (exact) mass is 137 g/mol. The zero-order valence-electron chi connectivity index (χ0n) is 4.89. The van der Waals surface area contributed by atoms with Gasteiger partial charge in [-0.25, -0.2) is 0 Å². The lowest BCUT2D eigenvalue weighted by Crippen LogP contribution is -2.19. The van der Waals surface area contributed by atoms with Gasteiger partial charge in [-0.3, -0.25) is 9.97 Å². The van der Waals surface area contributed by atoms with E-state index in [4.69, 9.17) is 0 Å². The average molecular weight is 137 g/mol. The second kappa shape index (κ2) is 2.77. The average Bonchev–Trinajstić information content (AvgIpc) is 2.05. The molecule has 5 heteroatoms. The van der Waals surface area contributed by atoms with Crippen molar-refractivity contribution in [3.63, 3.8) is 0 Å². The molecule has 0 aliphatic rings. The van der Waals surface area contributed by atoms with Crippen LogP contribution in [0.1, 0.15) is 5.69 Å². The molecular formula is C5H3N3O2-2. The van der Waals surface area contributed by atoms with Crippen LogP contribution in [-0.2, 0) is 0 Å². The first-order valence-corrected chi connectivity index (χ1v) is 2.48. The largest absolute Gasteiger partial charge is 0.858 e. The van der Waals surface area contributed by atoms with Gasteiger partial charge in [0.15, 0.2) is 0 Å². The molecule has 0 spiro atoms. The Hall–Kier alpha value is -1.65. The van der Waals surface area contributed by atoms with E-state index in [-0.39, 0.29) is 5.69 Å². The quantitative estimate of drug-likeness (QED) is 0.284. The Morgan fingerprint density at radius 3 is 2.80 bits per heavy atom. The van der Waals surface area contributed by atoms with Gasteiger partial charge in [-0.05, 0) is 0 Å². The maximum atomic E-state index is 10.4. The van der Waals surface area contributed by atoms with Gasteiger partial charge < -0.3 is 15.5 Å². The van der Waals surface area contributed by atoms with E-state index >= 15 is 0 Å². The fourth-order valence-electron chi connectivity index (χ4n) is 0.456. The maximum absolute atomic E-state index is 10.4. The number of aromatic nitrogens is 2. The highest BCUT2D eigenvalue weighted by Gasteiger charge is 1.87. The van der Waals surface area contributed by atoms with Crippen LogP contribution in [0, 0.1) is 5.21 Å². The van der Waals surface area contributed by atoms with Crippen LogP contribution in [0.5, 0.6) is 0 Å². The van der Waals surface area contributed by atoms with Crippen LogP contribution in [0.3, 0.4) is 0 Å². The predicted molar refractivity (Wildman–Crippen MR) is 31.9 cm³/mol. The molecule has 1 aromatic heterocycles. The van der Waals surface area contributed by atoms with Crippen LogP contribution in [0.15, 0.2) is 23.7 Å². The lowest BCUT2D eigenvalue weighted by molar-refractivity contribution is -0.213. The molecule has 0 atom stereocenters. The van der Waals surface area contributed by atoms with Gasteiger partial charge in [0.25, 0.3) is 0 Å². The second-order valence-electron chi connectivity index (χ2n) is 1.49. The fourth-order valence-corrected chi connectivity index (χ4v) is 0.456. The fraction of sp³-hybridized carbons (Fsp3) is 0. The molecule has 0 radical (unpaired) electrons. The van der Waals surface area contributed by atoms with E-state index in [1.54, 1.807) is 0 Å². The molecule has 0 aliphatic carbocycles. The highest BCUT2D eigenvalue weighted by molar-refractivity contribution is 5.88. The molecular weight excluding hydrogens is 134 g/mol. The third-order valence-corrected chi connectivity index (χ3v) is 0.865. The van der Waals surface area contributed by atoms with Crippen molar-refractivity contribution in [3.05, 3.63) is 29.5 Å². The van der Waals surface area contributed by atoms with E-state index in [0.29, 0.717) is 0 Å². The summed E-state index contributed by atoms with van der Waals surface area (Å²) in [5.74, 6) is -0.895. The van der Waals surface area contributed by atoms with Gasteiger partial charge in [0.1, 0.15) is 0 Å². The van der Waals surface area contributed by atoms with Crippen molar-refractivity contribution in [2.45, 2.75) is 0 Å². The van der Waals surface area contributed by atoms with Gasteiger partial charge in [0, 0.05) is 18.3 Å². The first kappa shape index (κ1) is 6.47. The maximum Gasteiger partial charge on any atom is 0.0912 e. The van der Waals surface area contributed by atoms with E-state index in [0.717, 1.165) is 0 Å². The first-order chi connectivity index (χ1) is 4.84. The molecule has 1 rings (SSSR count). The third-order valence-electron chi connectivity index (χ3n) is 0.865. The number of nitrogens with zero attached hydrogens (tertiary/aromatic N) is 3. The Bertz CT molecular complexity index is 234. The van der Waals surface area contributed by atoms with Crippen molar-refractivity contribution in [1.29, 1.82) is 0 Å². The summed E-state index contributed by atoms with van der Waals surface area (Å²) in [6.07, 6.45) is 3.91. The highest BCUT2D eigenvalue weighted by Crippen LogP contribution is 1.87. The minimum Gasteiger partial charge on any atom is -0.858 e. The second-order valence-corrected chi connectivity index (χ2v) is 1.49. The smallest absolute Gasteiger partial charge is 0.0912 e. The lowest BCUT2D eigenvalue weighted by atomic mass is 10.4. The zero-order chi connectivity index (χ0) is 7.40. The van der Waals surface area contributed by atoms with Crippen LogP contribution in [0.2, 0.25) is 0 Å². The minimum atomic E-state index is -0.895. The van der Waals surface area contributed by atoms with Crippen molar-refractivity contribution in [3.8, 4) is 0 Å². The number of hydrogen-bond donors (Lipinski definition) is 0. The summed E-state index contributed by atoms with van der Waals surface area (Å²) in [4.78, 5) is 7.12. The molecule has 0 unspecified atom stereocenters. The summed E-state index contributed by atoms with van der Waals surface area (Å²) in [6.45, 7) is 0. The van der Waals surface area contributed by atoms with Gasteiger partial charge in [-0.1, -0.05) is 0 Å². The zero-order valence-corrected chi connectivity index (χ0v) is 4.89. The Balaban J connectivity index is 2.96. The Morgan fingerprint density at radius 2 is 2.30 bits per heavy atom. The standard InChI is InChI=1S/C5H5N3O2/c9-5(8-10)4-3-6-1-2-7-4/h1-3,10H,(H,8,9)/p-2. The van der Waals surface area contributed by atoms with E-state index < -0.39 is 5.90 Å². The SMILES string of the molecule is [O-]N=C([O-])c1cnccn1. The Labute approximate surface area is 56.7 Å². The Morgan fingerprint density at radius 1 is 1.50 bits per heavy atom. The first-order valence-electron chi connectivity index (χ1n) is 2.48. The normalized spacial score (nSPS) is 11.4. The number of hydrogen-bond acceptors (Lipinski definition) is 5. The van der Waals surface area contributed by atoms with Crippen molar-refractivity contribution in [2.24, 2.45) is 5.16 Å². The molecule has 0 fully saturated rings. The van der Waals surface area contributed by atoms with Gasteiger partial charge in [0.2, 0.25) is 0 Å². The van der Waals surface area contributed by atoms with E-state index in [1.807, 2.05) is 0 Å².